The van der Waals surface area contributed by atoms with Gasteiger partial charge in [-0.1, -0.05) is 49.7 Å². The quantitative estimate of drug-likeness (QED) is 0.335. The van der Waals surface area contributed by atoms with E-state index in [4.69, 9.17) is 9.39 Å². The first-order valence-electron chi connectivity index (χ1n) is 12.4. The molecule has 0 N–H and O–H groups in total. The molecule has 12 heteroatoms. The fourth-order valence-corrected chi connectivity index (χ4v) is 6.23. The van der Waals surface area contributed by atoms with Crippen LogP contribution in [-0.4, -0.2) is 43.2 Å². The first-order valence-corrected chi connectivity index (χ1v) is 13.9. The van der Waals surface area contributed by atoms with Crippen LogP contribution in [0.3, 0.4) is 0 Å². The molecule has 2 aromatic carbocycles. The number of aromatic nitrogens is 2. The van der Waals surface area contributed by atoms with Crippen LogP contribution >= 0.6 is 0 Å². The van der Waals surface area contributed by atoms with Gasteiger partial charge < -0.3 is 14.1 Å². The fourth-order valence-electron chi connectivity index (χ4n) is 4.90. The smallest absolute Gasteiger partial charge is 0.435 e. The second kappa shape index (κ2) is 8.32. The largest absolute Gasteiger partial charge is 0.586 e. The number of fused-ring (bicyclic) bond motifs is 2. The summed E-state index contributed by atoms with van der Waals surface area (Å²) in [6.07, 6.45) is -0.855. The summed E-state index contributed by atoms with van der Waals surface area (Å²) >= 11 is 0. The van der Waals surface area contributed by atoms with Crippen molar-refractivity contribution in [1.82, 2.24) is 8.96 Å². The molecule has 199 valence electrons. The van der Waals surface area contributed by atoms with Crippen LogP contribution in [0, 0.1) is 6.92 Å². The number of aryl methyl sites for hydroxylation is 1. The molecule has 1 radical (unpaired) electrons. The molecule has 0 saturated carbocycles. The van der Waals surface area contributed by atoms with E-state index in [9.17, 15) is 17.2 Å². The Morgan fingerprint density at radius 2 is 1.72 bits per heavy atom. The molecule has 2 aliphatic rings. The van der Waals surface area contributed by atoms with E-state index in [2.05, 4.69) is 30.7 Å². The van der Waals surface area contributed by atoms with Crippen LogP contribution in [0.15, 0.2) is 65.8 Å². The van der Waals surface area contributed by atoms with Gasteiger partial charge >= 0.3 is 6.29 Å². The van der Waals surface area contributed by atoms with E-state index in [-0.39, 0.29) is 32.9 Å². The number of benzene rings is 2. The molecule has 1 fully saturated rings. The number of hydrogen-bond acceptors (Lipinski definition) is 6. The molecule has 39 heavy (non-hydrogen) atoms. The minimum Gasteiger partial charge on any atom is -0.435 e. The van der Waals surface area contributed by atoms with Crippen molar-refractivity contribution in [2.45, 2.75) is 56.7 Å². The van der Waals surface area contributed by atoms with Gasteiger partial charge in [0.25, 0.3) is 16.8 Å². The minimum absolute atomic E-state index is 0.0720. The predicted octanol–water partition coefficient (Wildman–Crippen LogP) is 4.98. The zero-order chi connectivity index (χ0) is 28.0. The molecule has 0 bridgehead atoms. The van der Waals surface area contributed by atoms with E-state index in [0.717, 1.165) is 9.54 Å². The lowest BCUT2D eigenvalue weighted by Gasteiger charge is -2.34. The van der Waals surface area contributed by atoms with Gasteiger partial charge in [-0.05, 0) is 49.7 Å². The fraction of sp³-hybridized carbons (Fsp3) is 0.296. The van der Waals surface area contributed by atoms with Crippen LogP contribution < -0.4 is 14.9 Å². The SMILES string of the molecule is Cc1ccc(S(=O)(=O)n2cc(-c3cccc4c3OC(F)(F)O4)c3cc(B4[B]C(C)(C)C(C)(C)O4)cnc32)cc1. The van der Waals surface area contributed by atoms with E-state index in [1.807, 2.05) is 20.8 Å². The highest BCUT2D eigenvalue weighted by Gasteiger charge is 2.50. The zero-order valence-electron chi connectivity index (χ0n) is 22.0. The van der Waals surface area contributed by atoms with Gasteiger partial charge in [0.05, 0.1) is 4.90 Å². The Hall–Kier alpha value is -3.37. The Labute approximate surface area is 226 Å². The average Bonchev–Trinajstić information content (AvgIpc) is 3.46. The van der Waals surface area contributed by atoms with Crippen molar-refractivity contribution < 1.29 is 31.3 Å². The molecule has 2 aromatic heterocycles. The summed E-state index contributed by atoms with van der Waals surface area (Å²) in [6, 6.07) is 12.8. The maximum Gasteiger partial charge on any atom is 0.586 e. The maximum absolute atomic E-state index is 14.0. The Morgan fingerprint density at radius 3 is 2.38 bits per heavy atom. The van der Waals surface area contributed by atoms with E-state index in [0.29, 0.717) is 16.4 Å². The summed E-state index contributed by atoms with van der Waals surface area (Å²) in [7, 11) is -1.99. The highest BCUT2D eigenvalue weighted by Crippen LogP contribution is 2.49. The number of ether oxygens (including phenoxy) is 2. The summed E-state index contributed by atoms with van der Waals surface area (Å²) in [4.78, 5) is 4.63. The Morgan fingerprint density at radius 1 is 1.00 bits per heavy atom. The topological polar surface area (TPSA) is 79.7 Å². The number of para-hydroxylation sites is 1. The molecule has 6 rings (SSSR count). The predicted molar refractivity (Wildman–Crippen MR) is 145 cm³/mol. The lowest BCUT2D eigenvalue weighted by molar-refractivity contribution is -0.286. The average molecular weight is 549 g/mol. The van der Waals surface area contributed by atoms with Crippen molar-refractivity contribution in [3.05, 3.63) is 66.5 Å². The third-order valence-electron chi connectivity index (χ3n) is 7.80. The molecule has 1 saturated heterocycles. The van der Waals surface area contributed by atoms with E-state index < -0.39 is 28.7 Å². The summed E-state index contributed by atoms with van der Waals surface area (Å²) in [5.74, 6) is -0.314. The van der Waals surface area contributed by atoms with Gasteiger partial charge in [0.2, 0.25) is 0 Å². The first-order chi connectivity index (χ1) is 18.2. The zero-order valence-corrected chi connectivity index (χ0v) is 22.8. The summed E-state index contributed by atoms with van der Waals surface area (Å²) in [5.41, 5.74) is 1.92. The van der Waals surface area contributed by atoms with Gasteiger partial charge in [0, 0.05) is 34.5 Å². The van der Waals surface area contributed by atoms with E-state index in [1.54, 1.807) is 36.5 Å². The van der Waals surface area contributed by atoms with E-state index in [1.165, 1.54) is 24.4 Å². The van der Waals surface area contributed by atoms with Crippen LogP contribution in [0.2, 0.25) is 5.31 Å². The Balaban J connectivity index is 1.57. The normalized spacial score (nSPS) is 18.9. The highest BCUT2D eigenvalue weighted by molar-refractivity contribution is 7.90. The van der Waals surface area contributed by atoms with Gasteiger partial charge in [-0.3, -0.25) is 0 Å². The van der Waals surface area contributed by atoms with Crippen molar-refractivity contribution in [3.63, 3.8) is 0 Å². The Kier molecular flexibility index (Phi) is 5.52. The van der Waals surface area contributed by atoms with Gasteiger partial charge in [-0.25, -0.2) is 17.4 Å². The first kappa shape index (κ1) is 25.9. The number of pyridine rings is 1. The number of halogens is 2. The van der Waals surface area contributed by atoms with Crippen molar-refractivity contribution in [2.75, 3.05) is 0 Å². The van der Waals surface area contributed by atoms with Crippen molar-refractivity contribution in [2.24, 2.45) is 0 Å². The summed E-state index contributed by atoms with van der Waals surface area (Å²) in [5, 5.41) is 0.197. The van der Waals surface area contributed by atoms with Gasteiger partial charge in [0.15, 0.2) is 17.1 Å². The molecule has 7 nitrogen and oxygen atoms in total. The van der Waals surface area contributed by atoms with Gasteiger partial charge in [-0.2, -0.15) is 0 Å². The highest BCUT2D eigenvalue weighted by atomic mass is 32.2. The van der Waals surface area contributed by atoms with Crippen molar-refractivity contribution in [1.29, 1.82) is 0 Å². The Bertz CT molecular complexity index is 1720. The summed E-state index contributed by atoms with van der Waals surface area (Å²) in [6.45, 7) is 9.65. The molecule has 0 aliphatic carbocycles. The third kappa shape index (κ3) is 4.12. The lowest BCUT2D eigenvalue weighted by atomic mass is 9.23. The molecule has 0 unspecified atom stereocenters. The van der Waals surface area contributed by atoms with Crippen molar-refractivity contribution in [3.8, 4) is 22.6 Å². The molecular weight excluding hydrogens is 524 g/mol. The molecule has 0 atom stereocenters. The monoisotopic (exact) mass is 549 g/mol. The third-order valence-corrected chi connectivity index (χ3v) is 9.46. The molecule has 2 aliphatic heterocycles. The number of hydrogen-bond donors (Lipinski definition) is 0. The lowest BCUT2D eigenvalue weighted by Crippen LogP contribution is -2.37. The van der Waals surface area contributed by atoms with Gasteiger partial charge in [0.1, 0.15) is 7.17 Å². The number of nitrogens with zero attached hydrogens (tertiary/aromatic N) is 2. The van der Waals surface area contributed by atoms with Crippen LogP contribution in [0.1, 0.15) is 33.3 Å². The second-order valence-electron chi connectivity index (χ2n) is 11.0. The van der Waals surface area contributed by atoms with Crippen LogP contribution in [0.25, 0.3) is 22.2 Å². The van der Waals surface area contributed by atoms with Crippen molar-refractivity contribution >= 4 is 40.5 Å². The maximum atomic E-state index is 14.0. The van der Waals surface area contributed by atoms with E-state index >= 15 is 0 Å². The second-order valence-corrected chi connectivity index (χ2v) is 12.8. The molecule has 4 heterocycles. The minimum atomic E-state index is -4.08. The summed E-state index contributed by atoms with van der Waals surface area (Å²) < 4.78 is 72.5. The van der Waals surface area contributed by atoms with Crippen LogP contribution in [-0.2, 0) is 14.7 Å². The number of rotatable bonds is 4. The molecule has 4 aromatic rings. The standard InChI is InChI=1S/C27H25B2F2N2O5S/c1-16-9-11-18(12-10-16)39(34,35)33-15-21(19-7-6-8-22-23(19)37-27(30,31)36-22)20-13-17(14-32-24(20)33)29-28-25(2,3)26(4,5)38-29/h6-15H,1-5H3. The molecule has 0 amide bonds. The molecular formula is C27H25B2F2N2O5S. The molecule has 0 spiro atoms. The van der Waals surface area contributed by atoms with Gasteiger partial charge in [-0.15, -0.1) is 8.78 Å². The van der Waals surface area contributed by atoms with Crippen LogP contribution in [0.5, 0.6) is 11.5 Å². The van der Waals surface area contributed by atoms with Crippen LogP contribution in [0.4, 0.5) is 8.78 Å². The number of alkyl halides is 2.